The fraction of sp³-hybridized carbons (Fsp3) is 0.240. The van der Waals surface area contributed by atoms with Crippen LogP contribution in [0.3, 0.4) is 0 Å². The van der Waals surface area contributed by atoms with Gasteiger partial charge >= 0.3 is 0 Å². The SMILES string of the molecule is CC[C@H](NC(=O)CN(c1cc(C)ccc1C)S(=O)(=O)c1ccccc1)c1ccccc1. The Morgan fingerprint density at radius 3 is 2.16 bits per heavy atom. The second kappa shape index (κ2) is 9.79. The van der Waals surface area contributed by atoms with Gasteiger partial charge in [0.25, 0.3) is 10.0 Å². The molecule has 1 amide bonds. The van der Waals surface area contributed by atoms with Gasteiger partial charge in [-0.3, -0.25) is 9.10 Å². The predicted molar refractivity (Wildman–Crippen MR) is 125 cm³/mol. The van der Waals surface area contributed by atoms with E-state index in [1.165, 1.54) is 4.31 Å². The number of carbonyl (C=O) groups excluding carboxylic acids is 1. The first-order chi connectivity index (χ1) is 14.8. The number of nitrogens with one attached hydrogen (secondary N) is 1. The molecule has 0 unspecified atom stereocenters. The highest BCUT2D eigenvalue weighted by atomic mass is 32.2. The third kappa shape index (κ3) is 5.33. The predicted octanol–water partition coefficient (Wildman–Crippen LogP) is 4.77. The zero-order chi connectivity index (χ0) is 22.4. The third-order valence-corrected chi connectivity index (χ3v) is 6.97. The van der Waals surface area contributed by atoms with Gasteiger partial charge in [-0.25, -0.2) is 8.42 Å². The van der Waals surface area contributed by atoms with Gasteiger partial charge in [-0.15, -0.1) is 0 Å². The van der Waals surface area contributed by atoms with Crippen molar-refractivity contribution in [1.29, 1.82) is 0 Å². The lowest BCUT2D eigenvalue weighted by Gasteiger charge is -2.27. The van der Waals surface area contributed by atoms with E-state index in [-0.39, 0.29) is 23.4 Å². The molecular weight excluding hydrogens is 408 g/mol. The number of rotatable bonds is 8. The van der Waals surface area contributed by atoms with Crippen molar-refractivity contribution >= 4 is 21.6 Å². The van der Waals surface area contributed by atoms with Crippen LogP contribution in [0.1, 0.15) is 36.1 Å². The van der Waals surface area contributed by atoms with Crippen LogP contribution < -0.4 is 9.62 Å². The molecule has 0 saturated carbocycles. The first-order valence-corrected chi connectivity index (χ1v) is 11.8. The Balaban J connectivity index is 1.95. The summed E-state index contributed by atoms with van der Waals surface area (Å²) in [7, 11) is -3.92. The highest BCUT2D eigenvalue weighted by Crippen LogP contribution is 2.28. The van der Waals surface area contributed by atoms with Gasteiger partial charge < -0.3 is 5.32 Å². The zero-order valence-corrected chi connectivity index (χ0v) is 18.9. The van der Waals surface area contributed by atoms with E-state index in [0.29, 0.717) is 12.1 Å². The molecule has 0 radical (unpaired) electrons. The smallest absolute Gasteiger partial charge is 0.264 e. The quantitative estimate of drug-likeness (QED) is 0.553. The van der Waals surface area contributed by atoms with E-state index in [1.807, 2.05) is 63.2 Å². The Kier molecular flexibility index (Phi) is 7.13. The van der Waals surface area contributed by atoms with E-state index in [2.05, 4.69) is 5.32 Å². The number of hydrogen-bond acceptors (Lipinski definition) is 3. The highest BCUT2D eigenvalue weighted by Gasteiger charge is 2.29. The summed E-state index contributed by atoms with van der Waals surface area (Å²) in [5, 5.41) is 3.00. The van der Waals surface area contributed by atoms with E-state index >= 15 is 0 Å². The first-order valence-electron chi connectivity index (χ1n) is 10.3. The Morgan fingerprint density at radius 1 is 0.935 bits per heavy atom. The Bertz CT molecular complexity index is 1130. The number of benzene rings is 3. The van der Waals surface area contributed by atoms with Crippen LogP contribution in [0.25, 0.3) is 0 Å². The van der Waals surface area contributed by atoms with E-state index < -0.39 is 10.0 Å². The molecule has 5 nitrogen and oxygen atoms in total. The fourth-order valence-electron chi connectivity index (χ4n) is 3.48. The lowest BCUT2D eigenvalue weighted by molar-refractivity contribution is -0.120. The van der Waals surface area contributed by atoms with Gasteiger partial charge in [0.2, 0.25) is 5.91 Å². The van der Waals surface area contributed by atoms with Gasteiger partial charge in [-0.05, 0) is 55.2 Å². The Labute approximate surface area is 184 Å². The molecule has 0 aliphatic heterocycles. The average molecular weight is 437 g/mol. The van der Waals surface area contributed by atoms with Crippen LogP contribution >= 0.6 is 0 Å². The monoisotopic (exact) mass is 436 g/mol. The fourth-order valence-corrected chi connectivity index (χ4v) is 4.98. The summed E-state index contributed by atoms with van der Waals surface area (Å²) in [5.74, 6) is -0.351. The van der Waals surface area contributed by atoms with Crippen molar-refractivity contribution in [1.82, 2.24) is 5.32 Å². The van der Waals surface area contributed by atoms with Gasteiger partial charge in [0.15, 0.2) is 0 Å². The zero-order valence-electron chi connectivity index (χ0n) is 18.1. The van der Waals surface area contributed by atoms with E-state index in [4.69, 9.17) is 0 Å². The minimum Gasteiger partial charge on any atom is -0.348 e. The van der Waals surface area contributed by atoms with Crippen LogP contribution in [-0.4, -0.2) is 20.9 Å². The van der Waals surface area contributed by atoms with Crippen molar-refractivity contribution in [3.63, 3.8) is 0 Å². The highest BCUT2D eigenvalue weighted by molar-refractivity contribution is 7.92. The van der Waals surface area contributed by atoms with Crippen molar-refractivity contribution in [2.75, 3.05) is 10.8 Å². The second-order valence-corrected chi connectivity index (χ2v) is 9.42. The lowest BCUT2D eigenvalue weighted by Crippen LogP contribution is -2.42. The topological polar surface area (TPSA) is 66.5 Å². The number of amides is 1. The molecule has 0 fully saturated rings. The summed E-state index contributed by atoms with van der Waals surface area (Å²) in [6.07, 6.45) is 0.699. The molecule has 3 rings (SSSR count). The standard InChI is InChI=1S/C25H28N2O3S/c1-4-23(21-11-7-5-8-12-21)26-25(28)18-27(24-17-19(2)15-16-20(24)3)31(29,30)22-13-9-6-10-14-22/h5-17,23H,4,18H2,1-3H3,(H,26,28)/t23-/m0/s1. The van der Waals surface area contributed by atoms with Crippen molar-refractivity contribution in [2.24, 2.45) is 0 Å². The molecule has 0 saturated heterocycles. The number of anilines is 1. The van der Waals surface area contributed by atoms with Crippen LogP contribution in [0, 0.1) is 13.8 Å². The molecule has 3 aromatic rings. The van der Waals surface area contributed by atoms with Gasteiger partial charge in [0.05, 0.1) is 16.6 Å². The summed E-state index contributed by atoms with van der Waals surface area (Å²) in [4.78, 5) is 13.2. The Hall–Kier alpha value is -3.12. The maximum Gasteiger partial charge on any atom is 0.264 e. The van der Waals surface area contributed by atoms with Crippen LogP contribution in [-0.2, 0) is 14.8 Å². The van der Waals surface area contributed by atoms with Crippen LogP contribution in [0.4, 0.5) is 5.69 Å². The van der Waals surface area contributed by atoms with Crippen LogP contribution in [0.2, 0.25) is 0 Å². The molecule has 31 heavy (non-hydrogen) atoms. The first kappa shape index (κ1) is 22.6. The minimum absolute atomic E-state index is 0.152. The Morgan fingerprint density at radius 2 is 1.55 bits per heavy atom. The normalized spacial score (nSPS) is 12.2. The van der Waals surface area contributed by atoms with Crippen molar-refractivity contribution in [3.8, 4) is 0 Å². The molecule has 0 spiro atoms. The van der Waals surface area contributed by atoms with Gasteiger partial charge in [0.1, 0.15) is 6.54 Å². The number of aryl methyl sites for hydroxylation is 2. The molecule has 6 heteroatoms. The average Bonchev–Trinajstić information content (AvgIpc) is 2.78. The molecule has 0 bridgehead atoms. The maximum atomic E-state index is 13.5. The summed E-state index contributed by atoms with van der Waals surface area (Å²) >= 11 is 0. The molecule has 0 heterocycles. The number of sulfonamides is 1. The van der Waals surface area contributed by atoms with Gasteiger partial charge in [-0.2, -0.15) is 0 Å². The third-order valence-electron chi connectivity index (χ3n) is 5.20. The van der Waals surface area contributed by atoms with E-state index in [1.54, 1.807) is 36.4 Å². The number of hydrogen-bond donors (Lipinski definition) is 1. The summed E-state index contributed by atoms with van der Waals surface area (Å²) in [6, 6.07) is 23.3. The number of nitrogens with zero attached hydrogens (tertiary/aromatic N) is 1. The van der Waals surface area contributed by atoms with Crippen LogP contribution in [0.5, 0.6) is 0 Å². The summed E-state index contributed by atoms with van der Waals surface area (Å²) in [6.45, 7) is 5.43. The molecule has 0 aromatic heterocycles. The van der Waals surface area contributed by atoms with E-state index in [0.717, 1.165) is 16.7 Å². The summed E-state index contributed by atoms with van der Waals surface area (Å²) < 4.78 is 28.2. The molecule has 0 aliphatic rings. The summed E-state index contributed by atoms with van der Waals surface area (Å²) in [5.41, 5.74) is 3.20. The molecule has 1 N–H and O–H groups in total. The maximum absolute atomic E-state index is 13.5. The second-order valence-electron chi connectivity index (χ2n) is 7.55. The molecular formula is C25H28N2O3S. The molecule has 3 aromatic carbocycles. The largest absolute Gasteiger partial charge is 0.348 e. The lowest BCUT2D eigenvalue weighted by atomic mass is 10.0. The molecule has 1 atom stereocenters. The van der Waals surface area contributed by atoms with Crippen LogP contribution in [0.15, 0.2) is 83.8 Å². The van der Waals surface area contributed by atoms with E-state index in [9.17, 15) is 13.2 Å². The molecule has 162 valence electrons. The number of carbonyl (C=O) groups is 1. The van der Waals surface area contributed by atoms with Gasteiger partial charge in [0, 0.05) is 0 Å². The van der Waals surface area contributed by atoms with Crippen molar-refractivity contribution in [2.45, 2.75) is 38.1 Å². The molecule has 0 aliphatic carbocycles. The van der Waals surface area contributed by atoms with Crippen molar-refractivity contribution in [3.05, 3.63) is 95.6 Å². The minimum atomic E-state index is -3.92. The van der Waals surface area contributed by atoms with Crippen molar-refractivity contribution < 1.29 is 13.2 Å². The van der Waals surface area contributed by atoms with Gasteiger partial charge in [-0.1, -0.05) is 67.6 Å².